The van der Waals surface area contributed by atoms with Crippen molar-refractivity contribution in [2.75, 3.05) is 12.0 Å². The minimum Gasteiger partial charge on any atom is -0.463 e. The number of cyclic esters (lactones) is 1. The molecule has 138 valence electrons. The fourth-order valence-electron chi connectivity index (χ4n) is 2.99. The second-order valence-corrected chi connectivity index (χ2v) is 8.20. The van der Waals surface area contributed by atoms with Crippen LogP contribution in [0.25, 0.3) is 11.5 Å². The molecular formula is C18H15N3O5S. The van der Waals surface area contributed by atoms with Crippen LogP contribution in [0.15, 0.2) is 52.0 Å². The lowest BCUT2D eigenvalue weighted by molar-refractivity contribution is 0.0382. The Labute approximate surface area is 154 Å². The fraction of sp³-hybridized carbons (Fsp3) is 0.167. The minimum absolute atomic E-state index is 0.0101. The molecular weight excluding hydrogens is 370 g/mol. The zero-order valence-corrected chi connectivity index (χ0v) is 15.1. The van der Waals surface area contributed by atoms with Gasteiger partial charge in [-0.2, -0.15) is 0 Å². The molecule has 8 nitrogen and oxygen atoms in total. The van der Waals surface area contributed by atoms with Crippen LogP contribution in [0, 0.1) is 0 Å². The van der Waals surface area contributed by atoms with Crippen LogP contribution < -0.4 is 5.73 Å². The van der Waals surface area contributed by atoms with Crippen molar-refractivity contribution in [2.45, 2.75) is 17.4 Å². The van der Waals surface area contributed by atoms with E-state index in [0.717, 1.165) is 11.8 Å². The van der Waals surface area contributed by atoms with Gasteiger partial charge in [-0.25, -0.2) is 23.2 Å². The van der Waals surface area contributed by atoms with Gasteiger partial charge in [0.15, 0.2) is 15.6 Å². The third kappa shape index (κ3) is 3.17. The summed E-state index contributed by atoms with van der Waals surface area (Å²) in [6, 6.07) is 9.75. The summed E-state index contributed by atoms with van der Waals surface area (Å²) in [6.45, 7) is 0. The maximum absolute atomic E-state index is 12.4. The van der Waals surface area contributed by atoms with E-state index in [1.54, 1.807) is 24.3 Å². The molecule has 2 N–H and O–H groups in total. The molecule has 1 aromatic carbocycles. The van der Waals surface area contributed by atoms with Crippen LogP contribution in [-0.2, 0) is 21.0 Å². The molecule has 1 atom stereocenters. The highest BCUT2D eigenvalue weighted by Gasteiger charge is 2.37. The summed E-state index contributed by atoms with van der Waals surface area (Å²) in [4.78, 5) is 21.0. The first-order valence-corrected chi connectivity index (χ1v) is 9.93. The lowest BCUT2D eigenvalue weighted by Gasteiger charge is -2.11. The molecule has 9 heteroatoms. The number of esters is 1. The number of benzene rings is 1. The van der Waals surface area contributed by atoms with Crippen LogP contribution in [0.4, 0.5) is 5.95 Å². The van der Waals surface area contributed by atoms with Gasteiger partial charge in [0.05, 0.1) is 11.2 Å². The number of aromatic nitrogens is 2. The molecule has 0 spiro atoms. The number of anilines is 1. The van der Waals surface area contributed by atoms with Gasteiger partial charge in [-0.15, -0.1) is 0 Å². The number of carbonyl (C=O) groups is 1. The molecule has 1 unspecified atom stereocenters. The zero-order valence-electron chi connectivity index (χ0n) is 14.2. The van der Waals surface area contributed by atoms with Gasteiger partial charge >= 0.3 is 5.97 Å². The van der Waals surface area contributed by atoms with Crippen LogP contribution in [0.5, 0.6) is 0 Å². The first-order valence-electron chi connectivity index (χ1n) is 8.04. The summed E-state index contributed by atoms with van der Waals surface area (Å²) >= 11 is 0. The molecule has 3 aromatic rings. The molecule has 27 heavy (non-hydrogen) atoms. The zero-order chi connectivity index (χ0) is 19.2. The van der Waals surface area contributed by atoms with Gasteiger partial charge in [0.1, 0.15) is 23.1 Å². The quantitative estimate of drug-likeness (QED) is 0.677. The van der Waals surface area contributed by atoms with Crippen LogP contribution >= 0.6 is 0 Å². The van der Waals surface area contributed by atoms with Crippen LogP contribution in [-0.4, -0.2) is 30.6 Å². The van der Waals surface area contributed by atoms with Crippen LogP contribution in [0.1, 0.15) is 27.7 Å². The van der Waals surface area contributed by atoms with E-state index in [1.807, 2.05) is 0 Å². The third-order valence-corrected chi connectivity index (χ3v) is 5.37. The Morgan fingerprint density at radius 2 is 1.89 bits per heavy atom. The molecule has 4 rings (SSSR count). The highest BCUT2D eigenvalue weighted by atomic mass is 32.2. The summed E-state index contributed by atoms with van der Waals surface area (Å²) in [6.07, 6.45) is 2.31. The van der Waals surface area contributed by atoms with Crippen LogP contribution in [0.2, 0.25) is 0 Å². The highest BCUT2D eigenvalue weighted by molar-refractivity contribution is 7.90. The molecule has 0 saturated carbocycles. The Morgan fingerprint density at radius 1 is 1.15 bits per heavy atom. The maximum Gasteiger partial charge on any atom is 0.343 e. The number of sulfone groups is 1. The van der Waals surface area contributed by atoms with E-state index >= 15 is 0 Å². The van der Waals surface area contributed by atoms with Gasteiger partial charge in [0, 0.05) is 12.7 Å². The Balaban J connectivity index is 1.70. The number of hydrogen-bond donors (Lipinski definition) is 1. The van der Waals surface area contributed by atoms with Crippen molar-refractivity contribution in [3.8, 4) is 11.5 Å². The topological polar surface area (TPSA) is 125 Å². The van der Waals surface area contributed by atoms with Gasteiger partial charge < -0.3 is 14.9 Å². The number of nitrogens with two attached hydrogens (primary N) is 1. The molecule has 0 radical (unpaired) electrons. The Hall–Kier alpha value is -3.20. The smallest absolute Gasteiger partial charge is 0.343 e. The first-order chi connectivity index (χ1) is 12.8. The van der Waals surface area contributed by atoms with E-state index in [9.17, 15) is 13.2 Å². The number of hydrogen-bond acceptors (Lipinski definition) is 8. The summed E-state index contributed by atoms with van der Waals surface area (Å²) < 4.78 is 34.0. The predicted molar refractivity (Wildman–Crippen MR) is 95.6 cm³/mol. The van der Waals surface area contributed by atoms with Crippen molar-refractivity contribution in [3.63, 3.8) is 0 Å². The first kappa shape index (κ1) is 17.2. The average molecular weight is 385 g/mol. The Kier molecular flexibility index (Phi) is 3.96. The van der Waals surface area contributed by atoms with E-state index in [1.165, 1.54) is 18.4 Å². The molecule has 3 heterocycles. The monoisotopic (exact) mass is 385 g/mol. The Bertz CT molecular complexity index is 1120. The Morgan fingerprint density at radius 3 is 2.52 bits per heavy atom. The van der Waals surface area contributed by atoms with E-state index in [0.29, 0.717) is 23.6 Å². The van der Waals surface area contributed by atoms with Gasteiger partial charge in [0.25, 0.3) is 0 Å². The molecule has 0 amide bonds. The highest BCUT2D eigenvalue weighted by Crippen LogP contribution is 2.37. The third-order valence-electron chi connectivity index (χ3n) is 4.24. The SMILES string of the molecule is CS(=O)(=O)c1ccc(CC2OC(=O)c3c(-c4ccco4)nc(N)nc32)cc1. The van der Waals surface area contributed by atoms with Crippen molar-refractivity contribution < 1.29 is 22.4 Å². The van der Waals surface area contributed by atoms with E-state index in [-0.39, 0.29) is 16.4 Å². The lowest BCUT2D eigenvalue weighted by Crippen LogP contribution is -2.07. The molecule has 1 aliphatic heterocycles. The summed E-state index contributed by atoms with van der Waals surface area (Å²) in [5, 5.41) is 0. The lowest BCUT2D eigenvalue weighted by atomic mass is 10.0. The van der Waals surface area contributed by atoms with E-state index in [2.05, 4.69) is 9.97 Å². The maximum atomic E-state index is 12.4. The fourth-order valence-corrected chi connectivity index (χ4v) is 3.62. The van der Waals surface area contributed by atoms with Gasteiger partial charge in [-0.1, -0.05) is 12.1 Å². The number of carbonyl (C=O) groups excluding carboxylic acids is 1. The van der Waals surface area contributed by atoms with Gasteiger partial charge in [-0.05, 0) is 29.8 Å². The van der Waals surface area contributed by atoms with Gasteiger partial charge in [-0.3, -0.25) is 0 Å². The van der Waals surface area contributed by atoms with Gasteiger partial charge in [0.2, 0.25) is 5.95 Å². The largest absolute Gasteiger partial charge is 0.463 e. The van der Waals surface area contributed by atoms with E-state index in [4.69, 9.17) is 14.9 Å². The average Bonchev–Trinajstić information content (AvgIpc) is 3.23. The molecule has 0 saturated heterocycles. The molecule has 0 aliphatic carbocycles. The van der Waals surface area contributed by atoms with Crippen molar-refractivity contribution in [1.82, 2.24) is 9.97 Å². The standard InChI is InChI=1S/C18H15N3O5S/c1-27(23,24)11-6-4-10(5-7-11)9-13-16-14(17(22)26-13)15(20-18(19)21-16)12-3-2-8-25-12/h2-8,13H,9H2,1H3,(H2,19,20,21). The number of nitrogen functional groups attached to an aromatic ring is 1. The van der Waals surface area contributed by atoms with Crippen molar-refractivity contribution in [1.29, 1.82) is 0 Å². The number of ether oxygens (including phenoxy) is 1. The number of rotatable bonds is 4. The molecule has 0 bridgehead atoms. The number of fused-ring (bicyclic) bond motifs is 1. The van der Waals surface area contributed by atoms with Crippen molar-refractivity contribution in [2.24, 2.45) is 0 Å². The van der Waals surface area contributed by atoms with Crippen molar-refractivity contribution >= 4 is 21.8 Å². The van der Waals surface area contributed by atoms with Crippen molar-refractivity contribution in [3.05, 3.63) is 59.5 Å². The second-order valence-electron chi connectivity index (χ2n) is 6.18. The molecule has 0 fully saturated rings. The number of furan rings is 1. The summed E-state index contributed by atoms with van der Waals surface area (Å²) in [5.74, 6) is -0.138. The minimum atomic E-state index is -3.27. The second kappa shape index (κ2) is 6.20. The molecule has 1 aliphatic rings. The number of nitrogens with zero attached hydrogens (tertiary/aromatic N) is 2. The summed E-state index contributed by atoms with van der Waals surface area (Å²) in [5.41, 5.74) is 7.53. The van der Waals surface area contributed by atoms with Crippen LogP contribution in [0.3, 0.4) is 0 Å². The predicted octanol–water partition coefficient (Wildman–Crippen LogP) is 2.18. The molecule has 2 aromatic heterocycles. The normalized spacial score (nSPS) is 16.2. The summed E-state index contributed by atoms with van der Waals surface area (Å²) in [7, 11) is -3.27. The van der Waals surface area contributed by atoms with E-state index < -0.39 is 21.9 Å².